The summed E-state index contributed by atoms with van der Waals surface area (Å²) in [5.74, 6) is -0.593. The average Bonchev–Trinajstić information content (AvgIpc) is 2.97. The van der Waals surface area contributed by atoms with Crippen LogP contribution in [0.5, 0.6) is 17.2 Å². The van der Waals surface area contributed by atoms with Crippen LogP contribution in [0.4, 0.5) is 5.69 Å². The zero-order valence-corrected chi connectivity index (χ0v) is 29.1. The predicted molar refractivity (Wildman–Crippen MR) is 176 cm³/mol. The van der Waals surface area contributed by atoms with E-state index in [2.05, 4.69) is 5.32 Å². The number of hydrogen-bond acceptors (Lipinski definition) is 7. The molecule has 45 heavy (non-hydrogen) atoms. The molecule has 2 amide bonds. The van der Waals surface area contributed by atoms with E-state index in [0.717, 1.165) is 4.31 Å². The largest absolute Gasteiger partial charge is 0.495 e. The van der Waals surface area contributed by atoms with E-state index in [1.807, 2.05) is 0 Å². The number of sulfonamides is 1. The highest BCUT2D eigenvalue weighted by atomic mass is 35.5. The molecule has 1 atom stereocenters. The first-order chi connectivity index (χ1) is 21.0. The average molecular weight is 701 g/mol. The van der Waals surface area contributed by atoms with Gasteiger partial charge in [-0.1, -0.05) is 40.9 Å². The van der Waals surface area contributed by atoms with Crippen molar-refractivity contribution in [2.45, 2.75) is 50.7 Å². The number of hydrogen-bond donors (Lipinski definition) is 1. The summed E-state index contributed by atoms with van der Waals surface area (Å²) in [6.07, 6.45) is 0. The van der Waals surface area contributed by atoms with Gasteiger partial charge in [-0.05, 0) is 70.2 Å². The fourth-order valence-electron chi connectivity index (χ4n) is 4.39. The standard InChI is InChI=1S/C31H36Cl3N3O7S/c1-19(30(39)35-31(2,3)4)36(17-22-23(33)9-8-10-24(22)34)29(38)18-37(25-15-20(32)11-13-26(25)42-5)45(40,41)21-12-14-27(43-6)28(16-21)44-7/h8-16,19H,17-18H2,1-7H3,(H,35,39)/t19-/m1/s1. The number of carbonyl (C=O) groups excluding carboxylic acids is 2. The fourth-order valence-corrected chi connectivity index (χ4v) is 6.50. The van der Waals surface area contributed by atoms with Crippen LogP contribution >= 0.6 is 34.8 Å². The van der Waals surface area contributed by atoms with Crippen molar-refractivity contribution in [1.82, 2.24) is 10.2 Å². The van der Waals surface area contributed by atoms with E-state index in [4.69, 9.17) is 49.0 Å². The van der Waals surface area contributed by atoms with Gasteiger partial charge >= 0.3 is 0 Å². The smallest absolute Gasteiger partial charge is 0.265 e. The van der Waals surface area contributed by atoms with E-state index in [1.165, 1.54) is 69.6 Å². The maximum atomic E-state index is 14.3. The van der Waals surface area contributed by atoms with Gasteiger partial charge in [-0.3, -0.25) is 13.9 Å². The lowest BCUT2D eigenvalue weighted by atomic mass is 10.1. The maximum Gasteiger partial charge on any atom is 0.265 e. The van der Waals surface area contributed by atoms with Crippen LogP contribution < -0.4 is 23.8 Å². The number of nitrogens with zero attached hydrogens (tertiary/aromatic N) is 2. The van der Waals surface area contributed by atoms with Crippen LogP contribution in [0.3, 0.4) is 0 Å². The van der Waals surface area contributed by atoms with Gasteiger partial charge in [0.25, 0.3) is 10.0 Å². The molecule has 0 aliphatic heterocycles. The topological polar surface area (TPSA) is 114 Å². The minimum atomic E-state index is -4.49. The van der Waals surface area contributed by atoms with Gasteiger partial charge in [-0.2, -0.15) is 0 Å². The van der Waals surface area contributed by atoms with Gasteiger partial charge < -0.3 is 24.4 Å². The monoisotopic (exact) mass is 699 g/mol. The van der Waals surface area contributed by atoms with Crippen molar-refractivity contribution < 1.29 is 32.2 Å². The van der Waals surface area contributed by atoms with E-state index < -0.39 is 40.0 Å². The van der Waals surface area contributed by atoms with Crippen LogP contribution in [0.25, 0.3) is 0 Å². The number of anilines is 1. The van der Waals surface area contributed by atoms with Crippen LogP contribution in [-0.2, 0) is 26.2 Å². The van der Waals surface area contributed by atoms with Crippen LogP contribution in [0.15, 0.2) is 59.5 Å². The number of halogens is 3. The number of benzene rings is 3. The highest BCUT2D eigenvalue weighted by Crippen LogP contribution is 2.37. The first kappa shape index (κ1) is 36.1. The SMILES string of the molecule is COc1ccc(S(=O)(=O)N(CC(=O)N(Cc2c(Cl)cccc2Cl)[C@H](C)C(=O)NC(C)(C)C)c2cc(Cl)ccc2OC)cc1OC. The van der Waals surface area contributed by atoms with Gasteiger partial charge in [0.15, 0.2) is 11.5 Å². The number of rotatable bonds is 12. The molecule has 0 spiro atoms. The second kappa shape index (κ2) is 14.8. The van der Waals surface area contributed by atoms with E-state index in [1.54, 1.807) is 39.0 Å². The quantitative estimate of drug-likeness (QED) is 0.239. The fraction of sp³-hybridized carbons (Fsp3) is 0.355. The molecule has 0 saturated heterocycles. The molecule has 0 aliphatic rings. The lowest BCUT2D eigenvalue weighted by Crippen LogP contribution is -2.54. The molecule has 0 bridgehead atoms. The Morgan fingerprint density at radius 1 is 0.867 bits per heavy atom. The highest BCUT2D eigenvalue weighted by molar-refractivity contribution is 7.92. The summed E-state index contributed by atoms with van der Waals surface area (Å²) in [6, 6.07) is 12.2. The second-order valence-electron chi connectivity index (χ2n) is 11.0. The molecule has 0 saturated carbocycles. The molecule has 244 valence electrons. The molecule has 0 heterocycles. The Bertz CT molecular complexity index is 1640. The van der Waals surface area contributed by atoms with Gasteiger partial charge in [0.05, 0.1) is 31.9 Å². The Morgan fingerprint density at radius 2 is 1.44 bits per heavy atom. The number of ether oxygens (including phenoxy) is 3. The molecule has 0 aliphatic carbocycles. The lowest BCUT2D eigenvalue weighted by Gasteiger charge is -2.34. The first-order valence-electron chi connectivity index (χ1n) is 13.7. The zero-order chi connectivity index (χ0) is 33.7. The second-order valence-corrected chi connectivity index (χ2v) is 14.1. The Morgan fingerprint density at radius 3 is 2.00 bits per heavy atom. The molecule has 0 radical (unpaired) electrons. The predicted octanol–water partition coefficient (Wildman–Crippen LogP) is 6.20. The van der Waals surface area contributed by atoms with Crippen molar-refractivity contribution in [1.29, 1.82) is 0 Å². The Labute approximate surface area is 279 Å². The molecule has 3 aromatic carbocycles. The minimum absolute atomic E-state index is 0.00402. The number of methoxy groups -OCH3 is 3. The van der Waals surface area contributed by atoms with Crippen LogP contribution in [0, 0.1) is 0 Å². The van der Waals surface area contributed by atoms with Gasteiger partial charge in [0.2, 0.25) is 11.8 Å². The maximum absolute atomic E-state index is 14.3. The first-order valence-corrected chi connectivity index (χ1v) is 16.2. The molecular formula is C31H36Cl3N3O7S. The third kappa shape index (κ3) is 8.66. The molecule has 0 fully saturated rings. The molecule has 3 rings (SSSR count). The number of carbonyl (C=O) groups is 2. The van der Waals surface area contributed by atoms with Crippen molar-refractivity contribution in [3.8, 4) is 17.2 Å². The number of amides is 2. The highest BCUT2D eigenvalue weighted by Gasteiger charge is 2.35. The van der Waals surface area contributed by atoms with E-state index in [0.29, 0.717) is 11.3 Å². The molecule has 14 heteroatoms. The summed E-state index contributed by atoms with van der Waals surface area (Å²) in [7, 11) is -0.340. The summed E-state index contributed by atoms with van der Waals surface area (Å²) in [5, 5.41) is 3.61. The van der Waals surface area contributed by atoms with Crippen molar-refractivity contribution in [3.63, 3.8) is 0 Å². The molecule has 1 N–H and O–H groups in total. The van der Waals surface area contributed by atoms with Gasteiger partial charge in [0.1, 0.15) is 18.3 Å². The minimum Gasteiger partial charge on any atom is -0.495 e. The van der Waals surface area contributed by atoms with Crippen molar-refractivity contribution in [2.75, 3.05) is 32.2 Å². The summed E-state index contributed by atoms with van der Waals surface area (Å²) < 4.78 is 45.6. The van der Waals surface area contributed by atoms with Crippen molar-refractivity contribution in [3.05, 3.63) is 75.2 Å². The van der Waals surface area contributed by atoms with Gasteiger partial charge in [-0.25, -0.2) is 8.42 Å². The lowest BCUT2D eigenvalue weighted by molar-refractivity contribution is -0.140. The van der Waals surface area contributed by atoms with Crippen LogP contribution in [-0.4, -0.2) is 64.6 Å². The van der Waals surface area contributed by atoms with Crippen molar-refractivity contribution >= 4 is 62.3 Å². The van der Waals surface area contributed by atoms with E-state index in [-0.39, 0.29) is 43.7 Å². The Balaban J connectivity index is 2.19. The van der Waals surface area contributed by atoms with E-state index >= 15 is 0 Å². The summed E-state index contributed by atoms with van der Waals surface area (Å²) >= 11 is 19.2. The third-order valence-corrected chi connectivity index (χ3v) is 9.39. The van der Waals surface area contributed by atoms with Gasteiger partial charge in [-0.15, -0.1) is 0 Å². The molecule has 3 aromatic rings. The molecular weight excluding hydrogens is 665 g/mol. The summed E-state index contributed by atoms with van der Waals surface area (Å²) in [4.78, 5) is 28.7. The van der Waals surface area contributed by atoms with Crippen LogP contribution in [0.1, 0.15) is 33.3 Å². The Kier molecular flexibility index (Phi) is 11.9. The Hall–Kier alpha value is -3.38. The number of nitrogens with one attached hydrogen (secondary N) is 1. The molecule has 10 nitrogen and oxygen atoms in total. The summed E-state index contributed by atoms with van der Waals surface area (Å²) in [5.41, 5.74) is -0.228. The summed E-state index contributed by atoms with van der Waals surface area (Å²) in [6.45, 7) is 6.01. The van der Waals surface area contributed by atoms with Crippen molar-refractivity contribution in [2.24, 2.45) is 0 Å². The zero-order valence-electron chi connectivity index (χ0n) is 26.0. The molecule has 0 aromatic heterocycles. The molecule has 0 unspecified atom stereocenters. The van der Waals surface area contributed by atoms with E-state index in [9.17, 15) is 18.0 Å². The normalized spacial score (nSPS) is 12.2. The van der Waals surface area contributed by atoms with Crippen LogP contribution in [0.2, 0.25) is 15.1 Å². The third-order valence-electron chi connectivity index (χ3n) is 6.69. The van der Waals surface area contributed by atoms with Gasteiger partial charge in [0, 0.05) is 38.8 Å².